The van der Waals surface area contributed by atoms with E-state index in [4.69, 9.17) is 0 Å². The molecule has 0 spiro atoms. The molecule has 0 bridgehead atoms. The van der Waals surface area contributed by atoms with E-state index in [0.29, 0.717) is 5.56 Å². The topological polar surface area (TPSA) is 58.2 Å². The number of halogens is 1. The molecule has 0 aromatic heterocycles. The zero-order valence-electron chi connectivity index (χ0n) is 10.1. The van der Waals surface area contributed by atoms with Crippen LogP contribution < -0.4 is 10.6 Å². The average molecular weight is 250 g/mol. The highest BCUT2D eigenvalue weighted by Crippen LogP contribution is 2.18. The SMILES string of the molecule is CC(NC(=O)c1ccc(F)cc1)C(=O)NC1CC1. The molecule has 1 aliphatic carbocycles. The molecule has 1 fully saturated rings. The number of benzene rings is 1. The number of hydrogen-bond donors (Lipinski definition) is 2. The van der Waals surface area contributed by atoms with Crippen LogP contribution in [0.5, 0.6) is 0 Å². The Morgan fingerprint density at radius 1 is 1.28 bits per heavy atom. The summed E-state index contributed by atoms with van der Waals surface area (Å²) in [5.41, 5.74) is 0.336. The first-order chi connectivity index (χ1) is 8.56. The Morgan fingerprint density at radius 3 is 2.44 bits per heavy atom. The molecular weight excluding hydrogens is 235 g/mol. The quantitative estimate of drug-likeness (QED) is 0.844. The Labute approximate surface area is 105 Å². The minimum absolute atomic E-state index is 0.187. The molecule has 1 aromatic rings. The second-order valence-corrected chi connectivity index (χ2v) is 4.48. The monoisotopic (exact) mass is 250 g/mol. The third-order valence-electron chi connectivity index (χ3n) is 2.77. The van der Waals surface area contributed by atoms with Crippen LogP contribution in [0.25, 0.3) is 0 Å². The smallest absolute Gasteiger partial charge is 0.251 e. The Kier molecular flexibility index (Phi) is 3.60. The first-order valence-corrected chi connectivity index (χ1v) is 5.93. The molecule has 1 aliphatic rings. The second-order valence-electron chi connectivity index (χ2n) is 4.48. The van der Waals surface area contributed by atoms with Gasteiger partial charge in [-0.2, -0.15) is 0 Å². The second kappa shape index (κ2) is 5.16. The highest BCUT2D eigenvalue weighted by molar-refractivity contribution is 5.97. The lowest BCUT2D eigenvalue weighted by atomic mass is 10.2. The van der Waals surface area contributed by atoms with E-state index in [9.17, 15) is 14.0 Å². The zero-order valence-corrected chi connectivity index (χ0v) is 10.1. The van der Waals surface area contributed by atoms with Crippen LogP contribution in [0.3, 0.4) is 0 Å². The number of amides is 2. The Balaban J connectivity index is 1.89. The molecule has 96 valence electrons. The van der Waals surface area contributed by atoms with Gasteiger partial charge in [0.1, 0.15) is 11.9 Å². The summed E-state index contributed by atoms with van der Waals surface area (Å²) >= 11 is 0. The van der Waals surface area contributed by atoms with Gasteiger partial charge in [0.05, 0.1) is 0 Å². The Hall–Kier alpha value is -1.91. The maximum atomic E-state index is 12.7. The van der Waals surface area contributed by atoms with Crippen molar-refractivity contribution in [2.45, 2.75) is 31.8 Å². The lowest BCUT2D eigenvalue weighted by Gasteiger charge is -2.13. The lowest BCUT2D eigenvalue weighted by Crippen LogP contribution is -2.45. The van der Waals surface area contributed by atoms with Crippen LogP contribution in [0.15, 0.2) is 24.3 Å². The highest BCUT2D eigenvalue weighted by atomic mass is 19.1. The fourth-order valence-corrected chi connectivity index (χ4v) is 1.50. The number of carbonyl (C=O) groups excluding carboxylic acids is 2. The van der Waals surface area contributed by atoms with Gasteiger partial charge in [0.2, 0.25) is 5.91 Å². The molecule has 2 amide bonds. The van der Waals surface area contributed by atoms with Crippen LogP contribution in [-0.4, -0.2) is 23.9 Å². The lowest BCUT2D eigenvalue weighted by molar-refractivity contribution is -0.122. The molecule has 0 radical (unpaired) electrons. The fourth-order valence-electron chi connectivity index (χ4n) is 1.50. The van der Waals surface area contributed by atoms with E-state index in [1.54, 1.807) is 6.92 Å². The fraction of sp³-hybridized carbons (Fsp3) is 0.385. The number of hydrogen-bond acceptors (Lipinski definition) is 2. The maximum Gasteiger partial charge on any atom is 0.251 e. The molecule has 1 atom stereocenters. The summed E-state index contributed by atoms with van der Waals surface area (Å²) < 4.78 is 12.7. The van der Waals surface area contributed by atoms with Gasteiger partial charge in [0.15, 0.2) is 0 Å². The number of nitrogens with one attached hydrogen (secondary N) is 2. The van der Waals surface area contributed by atoms with Crippen LogP contribution >= 0.6 is 0 Å². The van der Waals surface area contributed by atoms with Crippen molar-refractivity contribution in [3.05, 3.63) is 35.6 Å². The number of carbonyl (C=O) groups is 2. The van der Waals surface area contributed by atoms with Gasteiger partial charge >= 0.3 is 0 Å². The molecule has 1 unspecified atom stereocenters. The molecule has 0 saturated heterocycles. The molecule has 2 N–H and O–H groups in total. The summed E-state index contributed by atoms with van der Waals surface area (Å²) in [4.78, 5) is 23.4. The summed E-state index contributed by atoms with van der Waals surface area (Å²) in [6, 6.07) is 4.87. The third-order valence-corrected chi connectivity index (χ3v) is 2.77. The van der Waals surface area contributed by atoms with E-state index in [1.165, 1.54) is 24.3 Å². The highest BCUT2D eigenvalue weighted by Gasteiger charge is 2.26. The van der Waals surface area contributed by atoms with Crippen molar-refractivity contribution < 1.29 is 14.0 Å². The largest absolute Gasteiger partial charge is 0.352 e. The molecule has 2 rings (SSSR count). The van der Waals surface area contributed by atoms with Crippen LogP contribution in [0, 0.1) is 5.82 Å². The minimum Gasteiger partial charge on any atom is -0.352 e. The van der Waals surface area contributed by atoms with E-state index in [-0.39, 0.29) is 17.9 Å². The van der Waals surface area contributed by atoms with Crippen molar-refractivity contribution in [2.75, 3.05) is 0 Å². The molecule has 0 heterocycles. The van der Waals surface area contributed by atoms with E-state index >= 15 is 0 Å². The molecular formula is C13H15FN2O2. The molecule has 0 aliphatic heterocycles. The predicted molar refractivity (Wildman–Crippen MR) is 64.5 cm³/mol. The van der Waals surface area contributed by atoms with Crippen molar-refractivity contribution >= 4 is 11.8 Å². The van der Waals surface area contributed by atoms with Gasteiger partial charge in [-0.05, 0) is 44.0 Å². The van der Waals surface area contributed by atoms with Crippen molar-refractivity contribution in [1.29, 1.82) is 0 Å². The van der Waals surface area contributed by atoms with Crippen molar-refractivity contribution in [2.24, 2.45) is 0 Å². The summed E-state index contributed by atoms with van der Waals surface area (Å²) in [6.45, 7) is 1.62. The molecule has 18 heavy (non-hydrogen) atoms. The third kappa shape index (κ3) is 3.29. The van der Waals surface area contributed by atoms with Crippen molar-refractivity contribution in [1.82, 2.24) is 10.6 Å². The van der Waals surface area contributed by atoms with Gasteiger partial charge in [-0.25, -0.2) is 4.39 Å². The average Bonchev–Trinajstić information content (AvgIpc) is 3.13. The van der Waals surface area contributed by atoms with Gasteiger partial charge in [-0.3, -0.25) is 9.59 Å². The van der Waals surface area contributed by atoms with E-state index in [1.807, 2.05) is 0 Å². The van der Waals surface area contributed by atoms with Crippen molar-refractivity contribution in [3.8, 4) is 0 Å². The normalized spacial score (nSPS) is 15.9. The van der Waals surface area contributed by atoms with Crippen LogP contribution in [0.1, 0.15) is 30.1 Å². The van der Waals surface area contributed by atoms with E-state index in [2.05, 4.69) is 10.6 Å². The summed E-state index contributed by atoms with van der Waals surface area (Å²) in [5.74, 6) is -0.965. The van der Waals surface area contributed by atoms with Gasteiger partial charge in [-0.15, -0.1) is 0 Å². The van der Waals surface area contributed by atoms with Crippen LogP contribution in [0.2, 0.25) is 0 Å². The molecule has 4 nitrogen and oxygen atoms in total. The molecule has 1 aromatic carbocycles. The Bertz CT molecular complexity index is 455. The first-order valence-electron chi connectivity index (χ1n) is 5.93. The standard InChI is InChI=1S/C13H15FN2O2/c1-8(12(17)16-11-6-7-11)15-13(18)9-2-4-10(14)5-3-9/h2-5,8,11H,6-7H2,1H3,(H,15,18)(H,16,17). The van der Waals surface area contributed by atoms with Gasteiger partial charge in [0.25, 0.3) is 5.91 Å². The predicted octanol–water partition coefficient (Wildman–Crippen LogP) is 1.22. The Morgan fingerprint density at radius 2 is 1.89 bits per heavy atom. The van der Waals surface area contributed by atoms with Gasteiger partial charge < -0.3 is 10.6 Å². The summed E-state index contributed by atoms with van der Waals surface area (Å²) in [6.07, 6.45) is 2.01. The maximum absolute atomic E-state index is 12.7. The molecule has 1 saturated carbocycles. The molecule has 5 heteroatoms. The number of rotatable bonds is 4. The van der Waals surface area contributed by atoms with Crippen LogP contribution in [-0.2, 0) is 4.79 Å². The zero-order chi connectivity index (χ0) is 13.1. The van der Waals surface area contributed by atoms with Crippen LogP contribution in [0.4, 0.5) is 4.39 Å². The minimum atomic E-state index is -0.594. The summed E-state index contributed by atoms with van der Waals surface area (Å²) in [5, 5.41) is 5.38. The van der Waals surface area contributed by atoms with Gasteiger partial charge in [-0.1, -0.05) is 0 Å². The van der Waals surface area contributed by atoms with E-state index in [0.717, 1.165) is 12.8 Å². The van der Waals surface area contributed by atoms with Crippen molar-refractivity contribution in [3.63, 3.8) is 0 Å². The summed E-state index contributed by atoms with van der Waals surface area (Å²) in [7, 11) is 0. The van der Waals surface area contributed by atoms with Gasteiger partial charge in [0, 0.05) is 11.6 Å². The van der Waals surface area contributed by atoms with E-state index < -0.39 is 11.9 Å². The first kappa shape index (κ1) is 12.5.